The van der Waals surface area contributed by atoms with Gasteiger partial charge in [0, 0.05) is 0 Å². The Morgan fingerprint density at radius 2 is 2.33 bits per heavy atom. The highest BCUT2D eigenvalue weighted by molar-refractivity contribution is 5.22. The molecule has 1 aliphatic heterocycles. The molecule has 3 unspecified atom stereocenters. The van der Waals surface area contributed by atoms with Crippen molar-refractivity contribution in [2.75, 3.05) is 0 Å². The van der Waals surface area contributed by atoms with Crippen LogP contribution in [0.25, 0.3) is 0 Å². The summed E-state index contributed by atoms with van der Waals surface area (Å²) < 4.78 is 5.50. The van der Waals surface area contributed by atoms with Crippen molar-refractivity contribution in [2.45, 2.75) is 37.0 Å². The van der Waals surface area contributed by atoms with Crippen LogP contribution in [-0.2, 0) is 4.74 Å². The first kappa shape index (κ1) is 4.69. The van der Waals surface area contributed by atoms with Crippen molar-refractivity contribution < 1.29 is 4.74 Å². The second kappa shape index (κ2) is 0.956. The van der Waals surface area contributed by atoms with Gasteiger partial charge in [-0.2, -0.15) is 0 Å². The van der Waals surface area contributed by atoms with Crippen LogP contribution in [0.4, 0.5) is 0 Å². The van der Waals surface area contributed by atoms with Crippen molar-refractivity contribution in [3.63, 3.8) is 0 Å². The number of rotatable bonds is 0. The third kappa shape index (κ3) is 0.332. The van der Waals surface area contributed by atoms with Gasteiger partial charge >= 0.3 is 0 Å². The molecule has 0 aromatic carbocycles. The number of hydrogen-bond acceptors (Lipinski definition) is 2. The first-order chi connectivity index (χ1) is 4.24. The molecule has 3 rings (SSSR count). The maximum Gasteiger partial charge on any atom is 0.147 e. The predicted octanol–water partition coefficient (Wildman–Crippen LogP) is 0.614. The Hall–Kier alpha value is -0.0800. The third-order valence-corrected chi connectivity index (χ3v) is 3.27. The Labute approximate surface area is 54.4 Å². The predicted molar refractivity (Wildman–Crippen MR) is 32.7 cm³/mol. The number of epoxide rings is 1. The lowest BCUT2D eigenvalue weighted by atomic mass is 9.96. The van der Waals surface area contributed by atoms with Gasteiger partial charge < -0.3 is 10.5 Å². The summed E-state index contributed by atoms with van der Waals surface area (Å²) >= 11 is 0. The first-order valence-corrected chi connectivity index (χ1v) is 3.73. The van der Waals surface area contributed by atoms with Gasteiger partial charge in [-0.25, -0.2) is 0 Å². The average Bonchev–Trinajstić information content (AvgIpc) is 2.16. The molecule has 3 fully saturated rings. The first-order valence-electron chi connectivity index (χ1n) is 3.73. The molecule has 1 saturated heterocycles. The second-order valence-electron chi connectivity index (χ2n) is 3.80. The zero-order chi connectivity index (χ0) is 6.11. The van der Waals surface area contributed by atoms with Gasteiger partial charge in [0.2, 0.25) is 0 Å². The van der Waals surface area contributed by atoms with Crippen molar-refractivity contribution >= 4 is 0 Å². The molecule has 0 radical (unpaired) electrons. The van der Waals surface area contributed by atoms with E-state index in [-0.39, 0.29) is 11.3 Å². The van der Waals surface area contributed by atoms with Crippen LogP contribution < -0.4 is 5.73 Å². The van der Waals surface area contributed by atoms with Crippen molar-refractivity contribution in [1.29, 1.82) is 0 Å². The summed E-state index contributed by atoms with van der Waals surface area (Å²) in [6.07, 6.45) is 4.98. The van der Waals surface area contributed by atoms with E-state index in [2.05, 4.69) is 0 Å². The van der Waals surface area contributed by atoms with Gasteiger partial charge in [-0.05, 0) is 31.6 Å². The van der Waals surface area contributed by atoms with E-state index >= 15 is 0 Å². The monoisotopic (exact) mass is 125 g/mol. The van der Waals surface area contributed by atoms with Gasteiger partial charge in [0.1, 0.15) is 11.3 Å². The minimum absolute atomic E-state index is 0.143. The highest BCUT2D eigenvalue weighted by Gasteiger charge is 2.75. The van der Waals surface area contributed by atoms with Crippen LogP contribution in [0.2, 0.25) is 0 Å². The average molecular weight is 125 g/mol. The summed E-state index contributed by atoms with van der Waals surface area (Å²) in [5.41, 5.74) is 5.95. The topological polar surface area (TPSA) is 38.5 Å². The van der Waals surface area contributed by atoms with Crippen LogP contribution >= 0.6 is 0 Å². The molecule has 2 heteroatoms. The van der Waals surface area contributed by atoms with E-state index in [1.165, 1.54) is 19.3 Å². The number of fused-ring (bicyclic) bond motifs is 1. The molecular formula is C7H11NO. The molecule has 0 aromatic rings. The van der Waals surface area contributed by atoms with E-state index < -0.39 is 0 Å². The molecule has 1 heterocycles. The van der Waals surface area contributed by atoms with E-state index in [1.54, 1.807) is 0 Å². The van der Waals surface area contributed by atoms with Crippen LogP contribution in [0.3, 0.4) is 0 Å². The fourth-order valence-corrected chi connectivity index (χ4v) is 2.74. The molecule has 0 amide bonds. The van der Waals surface area contributed by atoms with Gasteiger partial charge in [-0.15, -0.1) is 0 Å². The van der Waals surface area contributed by atoms with E-state index in [9.17, 15) is 0 Å². The Bertz CT molecular complexity index is 176. The molecule has 2 N–H and O–H groups in total. The fourth-order valence-electron chi connectivity index (χ4n) is 2.74. The van der Waals surface area contributed by atoms with Crippen molar-refractivity contribution in [3.8, 4) is 0 Å². The van der Waals surface area contributed by atoms with E-state index in [1.807, 2.05) is 0 Å². The minimum Gasteiger partial charge on any atom is -0.347 e. The van der Waals surface area contributed by atoms with Gasteiger partial charge in [0.15, 0.2) is 0 Å². The Balaban J connectivity index is 2.08. The van der Waals surface area contributed by atoms with Gasteiger partial charge in [0.25, 0.3) is 0 Å². The minimum atomic E-state index is -0.143. The highest BCUT2D eigenvalue weighted by atomic mass is 16.6. The Morgan fingerprint density at radius 1 is 1.44 bits per heavy atom. The number of nitrogens with two attached hydrogens (primary N) is 1. The van der Waals surface area contributed by atoms with Crippen LogP contribution in [0.5, 0.6) is 0 Å². The molecule has 2 bridgehead atoms. The molecule has 9 heavy (non-hydrogen) atoms. The summed E-state index contributed by atoms with van der Waals surface area (Å²) in [4.78, 5) is 0. The van der Waals surface area contributed by atoms with Gasteiger partial charge in [-0.1, -0.05) is 0 Å². The van der Waals surface area contributed by atoms with E-state index in [4.69, 9.17) is 10.5 Å². The Morgan fingerprint density at radius 3 is 2.67 bits per heavy atom. The van der Waals surface area contributed by atoms with Crippen LogP contribution in [-0.4, -0.2) is 11.3 Å². The molecule has 3 aliphatic rings. The van der Waals surface area contributed by atoms with Crippen molar-refractivity contribution in [2.24, 2.45) is 11.7 Å². The molecule has 2 nitrogen and oxygen atoms in total. The SMILES string of the molecule is NC12CC3CCC1(C3)O2. The number of ether oxygens (including phenoxy) is 1. The summed E-state index contributed by atoms with van der Waals surface area (Å²) in [5.74, 6) is 0.906. The summed E-state index contributed by atoms with van der Waals surface area (Å²) in [6, 6.07) is 0. The van der Waals surface area contributed by atoms with Crippen molar-refractivity contribution in [1.82, 2.24) is 0 Å². The zero-order valence-corrected chi connectivity index (χ0v) is 5.39. The van der Waals surface area contributed by atoms with Crippen LogP contribution in [0.1, 0.15) is 25.7 Å². The standard InChI is InChI=1S/C7H11NO/c8-7-4-5-1-2-6(7,3-5)9-7/h5H,1-4,8H2. The summed E-state index contributed by atoms with van der Waals surface area (Å²) in [5, 5.41) is 0. The quantitative estimate of drug-likeness (QED) is 0.482. The zero-order valence-electron chi connectivity index (χ0n) is 5.39. The molecule has 50 valence electrons. The lowest BCUT2D eigenvalue weighted by Crippen LogP contribution is -2.31. The lowest BCUT2D eigenvalue weighted by molar-refractivity contribution is 0.217. The summed E-state index contributed by atoms with van der Waals surface area (Å²) in [6.45, 7) is 0. The fraction of sp³-hybridized carbons (Fsp3) is 1.00. The van der Waals surface area contributed by atoms with E-state index in [0.717, 1.165) is 12.3 Å². The molecule has 2 saturated carbocycles. The molecule has 3 atom stereocenters. The molecule has 2 aliphatic carbocycles. The largest absolute Gasteiger partial charge is 0.347 e. The molecule has 1 spiro atoms. The van der Waals surface area contributed by atoms with Crippen molar-refractivity contribution in [3.05, 3.63) is 0 Å². The molecular weight excluding hydrogens is 114 g/mol. The van der Waals surface area contributed by atoms with Crippen LogP contribution in [0, 0.1) is 5.92 Å². The lowest BCUT2D eigenvalue weighted by Gasteiger charge is -2.09. The van der Waals surface area contributed by atoms with Crippen LogP contribution in [0.15, 0.2) is 0 Å². The van der Waals surface area contributed by atoms with Gasteiger partial charge in [0.05, 0.1) is 0 Å². The van der Waals surface area contributed by atoms with E-state index in [0.29, 0.717) is 0 Å². The van der Waals surface area contributed by atoms with Gasteiger partial charge in [-0.3, -0.25) is 0 Å². The normalized spacial score (nSPS) is 68.3. The maximum atomic E-state index is 5.91. The highest BCUT2D eigenvalue weighted by Crippen LogP contribution is 2.66. The summed E-state index contributed by atoms with van der Waals surface area (Å²) in [7, 11) is 0. The maximum absolute atomic E-state index is 5.91. The number of hydrogen-bond donors (Lipinski definition) is 1. The molecule has 0 aromatic heterocycles. The Kier molecular flexibility index (Phi) is 0.498. The second-order valence-corrected chi connectivity index (χ2v) is 3.80. The smallest absolute Gasteiger partial charge is 0.147 e. The third-order valence-electron chi connectivity index (χ3n) is 3.27.